The molecule has 6 rings (SSSR count). The van der Waals surface area contributed by atoms with Gasteiger partial charge in [0.05, 0.1) is 28.8 Å². The number of phenolic OH excluding ortho intramolecular Hbond substituents is 2. The molecule has 2 atom stereocenters. The highest BCUT2D eigenvalue weighted by atomic mass is 32.2. The fraction of sp³-hybridized carbons (Fsp3) is 0.314. The fourth-order valence-corrected chi connectivity index (χ4v) is 8.54. The lowest BCUT2D eigenvalue weighted by molar-refractivity contribution is -0.941. The van der Waals surface area contributed by atoms with Crippen molar-refractivity contribution < 1.29 is 53.8 Å². The second kappa shape index (κ2) is 14.2. The molecule has 4 heterocycles. The summed E-state index contributed by atoms with van der Waals surface area (Å²) < 4.78 is 0.457. The molecule has 3 aliphatic heterocycles. The average Bonchev–Trinajstić information content (AvgIpc) is 3.67. The number of Topliss-reactive ketones (excluding diaryl/α,β-unsaturated/α-hetero) is 1. The number of thiazole rings is 1. The van der Waals surface area contributed by atoms with Gasteiger partial charge >= 0.3 is 11.9 Å². The molecule has 19 heteroatoms. The summed E-state index contributed by atoms with van der Waals surface area (Å²) in [5.41, 5.74) is 6.02. The third-order valence-corrected chi connectivity index (χ3v) is 11.4. The Morgan fingerprint density at radius 2 is 1.81 bits per heavy atom. The number of benzene rings is 2. The quantitative estimate of drug-likeness (QED) is 0.0413. The first-order valence-corrected chi connectivity index (χ1v) is 18.3. The van der Waals surface area contributed by atoms with Crippen LogP contribution in [0.2, 0.25) is 0 Å². The molecule has 0 bridgehead atoms. The Hall–Kier alpha value is -5.79. The number of amides is 1. The molecule has 3 aromatic rings. The number of aromatic hydroxyl groups is 2. The number of nitrogens with two attached hydrogens (primary N) is 1. The van der Waals surface area contributed by atoms with Crippen LogP contribution in [0.3, 0.4) is 0 Å². The number of oxime groups is 1. The van der Waals surface area contributed by atoms with Crippen molar-refractivity contribution in [3.8, 4) is 11.5 Å². The van der Waals surface area contributed by atoms with Crippen LogP contribution in [0.4, 0.5) is 10.8 Å². The second-order valence-electron chi connectivity index (χ2n) is 13.9. The number of carboxylic acid groups (broad SMARTS) is 2. The van der Waals surface area contributed by atoms with Crippen LogP contribution in [0.25, 0.3) is 6.08 Å². The van der Waals surface area contributed by atoms with Crippen molar-refractivity contribution in [3.05, 3.63) is 91.1 Å². The van der Waals surface area contributed by atoms with Crippen molar-refractivity contribution in [2.24, 2.45) is 11.1 Å². The van der Waals surface area contributed by atoms with E-state index in [-0.39, 0.29) is 56.3 Å². The van der Waals surface area contributed by atoms with Crippen LogP contribution in [-0.4, -0.2) is 92.8 Å². The van der Waals surface area contributed by atoms with Gasteiger partial charge in [-0.2, -0.15) is 0 Å². The summed E-state index contributed by atoms with van der Waals surface area (Å²) >= 11 is 2.24. The SMILES string of the molecule is CC(C)(O/N=C(\C(=O)C[C@@H]1C(=O)N2C(C(=O)O)=C(C=Cc3ccc(C[N+]4(C)Cc5cc(O)c(O)cc5C4)cc3[N+](=O)[O-])CS[C@H]12)c1csc(N)n1)C(=O)O. The van der Waals surface area contributed by atoms with Crippen molar-refractivity contribution in [2.45, 2.75) is 50.9 Å². The number of carboxylic acids is 2. The third kappa shape index (κ3) is 7.37. The zero-order valence-electron chi connectivity index (χ0n) is 29.1. The second-order valence-corrected chi connectivity index (χ2v) is 15.9. The molecule has 54 heavy (non-hydrogen) atoms. The van der Waals surface area contributed by atoms with Gasteiger partial charge in [0.15, 0.2) is 28.1 Å². The zero-order valence-corrected chi connectivity index (χ0v) is 30.7. The number of hydrogen-bond donors (Lipinski definition) is 5. The Labute approximate surface area is 315 Å². The first kappa shape index (κ1) is 38.0. The number of aromatic nitrogens is 1. The summed E-state index contributed by atoms with van der Waals surface area (Å²) in [5, 5.41) is 56.2. The van der Waals surface area contributed by atoms with Gasteiger partial charge in [0.25, 0.3) is 5.69 Å². The van der Waals surface area contributed by atoms with E-state index in [0.717, 1.165) is 27.4 Å². The van der Waals surface area contributed by atoms with Gasteiger partial charge in [0, 0.05) is 40.3 Å². The molecular weight excluding hydrogens is 745 g/mol. The smallest absolute Gasteiger partial charge is 0.352 e. The lowest BCUT2D eigenvalue weighted by Crippen LogP contribution is -2.62. The fourth-order valence-electron chi connectivity index (χ4n) is 6.60. The molecule has 1 amide bonds. The first-order valence-electron chi connectivity index (χ1n) is 16.4. The molecule has 0 unspecified atom stereocenters. The number of quaternary nitrogens is 1. The van der Waals surface area contributed by atoms with Gasteiger partial charge in [-0.25, -0.2) is 14.6 Å². The van der Waals surface area contributed by atoms with Crippen molar-refractivity contribution in [1.29, 1.82) is 0 Å². The molecule has 3 aliphatic rings. The predicted molar refractivity (Wildman–Crippen MR) is 196 cm³/mol. The number of hydrogen-bond acceptors (Lipinski definition) is 14. The maximum Gasteiger partial charge on any atom is 0.352 e. The number of fused-ring (bicyclic) bond motifs is 2. The van der Waals surface area contributed by atoms with E-state index < -0.39 is 51.9 Å². The number of nitrogen functional groups attached to an aromatic ring is 1. The molecule has 2 aromatic carbocycles. The van der Waals surface area contributed by atoms with Gasteiger partial charge in [-0.15, -0.1) is 23.1 Å². The summed E-state index contributed by atoms with van der Waals surface area (Å²) in [6.45, 7) is 3.98. The van der Waals surface area contributed by atoms with Gasteiger partial charge in [-0.1, -0.05) is 17.3 Å². The predicted octanol–water partition coefficient (Wildman–Crippen LogP) is 3.83. The minimum Gasteiger partial charge on any atom is -0.504 e. The molecule has 0 spiro atoms. The van der Waals surface area contributed by atoms with Gasteiger partial charge in [-0.3, -0.25) is 24.6 Å². The Balaban J connectivity index is 1.19. The number of nitrogens with zero attached hydrogens (tertiary/aromatic N) is 5. The van der Waals surface area contributed by atoms with Crippen LogP contribution in [0.1, 0.15) is 48.2 Å². The van der Waals surface area contributed by atoms with Crippen molar-refractivity contribution in [1.82, 2.24) is 9.88 Å². The highest BCUT2D eigenvalue weighted by molar-refractivity contribution is 8.00. The van der Waals surface area contributed by atoms with E-state index in [1.807, 2.05) is 7.05 Å². The van der Waals surface area contributed by atoms with E-state index in [4.69, 9.17) is 10.6 Å². The van der Waals surface area contributed by atoms with Gasteiger partial charge in [0.2, 0.25) is 11.5 Å². The number of nitro groups is 1. The Bertz CT molecular complexity index is 2180. The number of ketones is 1. The number of thioether (sulfide) groups is 1. The van der Waals surface area contributed by atoms with Crippen molar-refractivity contribution in [3.63, 3.8) is 0 Å². The molecule has 17 nitrogen and oxygen atoms in total. The molecule has 282 valence electrons. The Morgan fingerprint density at radius 3 is 2.39 bits per heavy atom. The van der Waals surface area contributed by atoms with Crippen LogP contribution in [-0.2, 0) is 43.7 Å². The topological polar surface area (TPSA) is 256 Å². The van der Waals surface area contributed by atoms with Gasteiger partial charge in [0.1, 0.15) is 31.0 Å². The number of carbonyl (C=O) groups is 4. The molecule has 0 radical (unpaired) electrons. The van der Waals surface area contributed by atoms with E-state index in [2.05, 4.69) is 10.1 Å². The lowest BCUT2D eigenvalue weighted by Gasteiger charge is -2.49. The molecular formula is C35H35N6O11S2+. The van der Waals surface area contributed by atoms with E-state index in [1.165, 1.54) is 61.3 Å². The van der Waals surface area contributed by atoms with E-state index in [0.29, 0.717) is 29.7 Å². The summed E-state index contributed by atoms with van der Waals surface area (Å²) in [6.07, 6.45) is 2.47. The molecule has 1 fully saturated rings. The monoisotopic (exact) mass is 779 g/mol. The van der Waals surface area contributed by atoms with Crippen LogP contribution >= 0.6 is 23.1 Å². The van der Waals surface area contributed by atoms with Crippen LogP contribution < -0.4 is 5.73 Å². The van der Waals surface area contributed by atoms with E-state index in [1.54, 1.807) is 12.1 Å². The molecule has 1 saturated heterocycles. The number of carbonyl (C=O) groups excluding carboxylic acids is 2. The number of phenols is 2. The number of allylic oxidation sites excluding steroid dienone is 1. The highest BCUT2D eigenvalue weighted by Gasteiger charge is 2.54. The van der Waals surface area contributed by atoms with Crippen molar-refractivity contribution >= 4 is 69.3 Å². The highest BCUT2D eigenvalue weighted by Crippen LogP contribution is 2.46. The standard InChI is InChI=1S/C35H34N6O11S2/c1-35(2,33(48)49)52-38-28(23-16-54-34(36)37-23)27(44)11-22-30(45)39-29(32(46)47)19(15-53-31(22)39)7-6-18-5-4-17(8-24(18)40(50)51)12-41(3)13-20-9-25(42)26(43)10-21(20)14-41/h4-10,16,22,31H,11-15H2,1-3H3,(H5-,36,37,38,42,43,44,46,47,48,49)/p+1/t22-,31-/m1/s1. The third-order valence-electron chi connectivity index (χ3n) is 9.35. The lowest BCUT2D eigenvalue weighted by atomic mass is 9.89. The van der Waals surface area contributed by atoms with Gasteiger partial charge in [-0.05, 0) is 43.7 Å². The molecule has 0 aliphatic carbocycles. The summed E-state index contributed by atoms with van der Waals surface area (Å²) in [4.78, 5) is 72.9. The van der Waals surface area contributed by atoms with Crippen LogP contribution in [0, 0.1) is 16.0 Å². The maximum atomic E-state index is 13.5. The Morgan fingerprint density at radius 1 is 1.15 bits per heavy atom. The minimum absolute atomic E-state index is 0.0314. The largest absolute Gasteiger partial charge is 0.504 e. The first-order chi connectivity index (χ1) is 25.4. The molecule has 0 saturated carbocycles. The average molecular weight is 780 g/mol. The van der Waals surface area contributed by atoms with Crippen LogP contribution in [0.15, 0.2) is 58.2 Å². The number of aliphatic carboxylic acids is 2. The minimum atomic E-state index is -1.79. The number of rotatable bonds is 13. The molecule has 1 aromatic heterocycles. The summed E-state index contributed by atoms with van der Waals surface area (Å²) in [6, 6.07) is 7.84. The van der Waals surface area contributed by atoms with Crippen LogP contribution in [0.5, 0.6) is 11.5 Å². The zero-order chi connectivity index (χ0) is 39.3. The number of β-lactam (4-membered cyclic amide) rings is 1. The van der Waals surface area contributed by atoms with Gasteiger partial charge < -0.3 is 35.5 Å². The normalized spacial score (nSPS) is 19.4. The number of anilines is 1. The van der Waals surface area contributed by atoms with Crippen molar-refractivity contribution in [2.75, 3.05) is 18.5 Å². The maximum absolute atomic E-state index is 13.5. The molecule has 6 N–H and O–H groups in total. The Kier molecular flexibility index (Phi) is 9.99. The summed E-state index contributed by atoms with van der Waals surface area (Å²) in [7, 11) is 1.97. The number of nitro benzene ring substituents is 1. The summed E-state index contributed by atoms with van der Waals surface area (Å²) in [5.74, 6) is -5.29. The van der Waals surface area contributed by atoms with E-state index >= 15 is 0 Å². The van der Waals surface area contributed by atoms with E-state index in [9.17, 15) is 49.7 Å².